The minimum atomic E-state index is 0.443. The Labute approximate surface area is 108 Å². The fourth-order valence-corrected chi connectivity index (χ4v) is 2.25. The van der Waals surface area contributed by atoms with Crippen molar-refractivity contribution in [3.8, 4) is 0 Å². The van der Waals surface area contributed by atoms with E-state index in [4.69, 9.17) is 0 Å². The smallest absolute Gasteiger partial charge is 0.131 e. The number of anilines is 2. The predicted molar refractivity (Wildman–Crippen MR) is 76.9 cm³/mol. The third-order valence-electron chi connectivity index (χ3n) is 2.32. The number of thioether (sulfide) groups is 1. The molecule has 5 heteroatoms. The zero-order valence-corrected chi connectivity index (χ0v) is 11.7. The van der Waals surface area contributed by atoms with Gasteiger partial charge in [-0.05, 0) is 31.8 Å². The first-order valence-corrected chi connectivity index (χ1v) is 7.32. The Morgan fingerprint density at radius 1 is 1.29 bits per heavy atom. The second-order valence-electron chi connectivity index (χ2n) is 3.85. The summed E-state index contributed by atoms with van der Waals surface area (Å²) in [5, 5.41) is 6.57. The quantitative estimate of drug-likeness (QED) is 0.699. The van der Waals surface area contributed by atoms with Gasteiger partial charge in [-0.1, -0.05) is 6.92 Å². The first-order chi connectivity index (χ1) is 8.26. The fourth-order valence-electron chi connectivity index (χ4n) is 1.44. The summed E-state index contributed by atoms with van der Waals surface area (Å²) in [6.07, 6.45) is 2.74. The van der Waals surface area contributed by atoms with Crippen molar-refractivity contribution in [1.29, 1.82) is 0 Å². The Kier molecular flexibility index (Phi) is 6.77. The standard InChI is InChI=1S/C12H22N4S/c1-4-13-11-8-12(15-9-14-11)16-10(3)6-7-17-5-2/h8-10H,4-7H2,1-3H3,(H2,13,14,15,16). The van der Waals surface area contributed by atoms with Crippen molar-refractivity contribution in [2.45, 2.75) is 33.2 Å². The lowest BCUT2D eigenvalue weighted by Gasteiger charge is -2.14. The summed E-state index contributed by atoms with van der Waals surface area (Å²) < 4.78 is 0. The van der Waals surface area contributed by atoms with Gasteiger partial charge in [0.25, 0.3) is 0 Å². The second kappa shape index (κ2) is 8.17. The third kappa shape index (κ3) is 5.77. The van der Waals surface area contributed by atoms with Gasteiger partial charge in [-0.25, -0.2) is 9.97 Å². The topological polar surface area (TPSA) is 49.8 Å². The summed E-state index contributed by atoms with van der Waals surface area (Å²) in [7, 11) is 0. The molecule has 1 atom stereocenters. The molecule has 4 nitrogen and oxygen atoms in total. The minimum absolute atomic E-state index is 0.443. The molecule has 96 valence electrons. The maximum Gasteiger partial charge on any atom is 0.131 e. The molecule has 1 heterocycles. The highest BCUT2D eigenvalue weighted by atomic mass is 32.2. The van der Waals surface area contributed by atoms with E-state index in [9.17, 15) is 0 Å². The molecule has 0 aliphatic carbocycles. The molecule has 1 aromatic heterocycles. The van der Waals surface area contributed by atoms with Gasteiger partial charge in [0.15, 0.2) is 0 Å². The summed E-state index contributed by atoms with van der Waals surface area (Å²) in [6.45, 7) is 7.31. The molecule has 17 heavy (non-hydrogen) atoms. The Morgan fingerprint density at radius 2 is 2.06 bits per heavy atom. The zero-order valence-electron chi connectivity index (χ0n) is 10.9. The fraction of sp³-hybridized carbons (Fsp3) is 0.667. The Morgan fingerprint density at radius 3 is 2.76 bits per heavy atom. The van der Waals surface area contributed by atoms with Crippen LogP contribution in [0.5, 0.6) is 0 Å². The number of aromatic nitrogens is 2. The molecule has 0 bridgehead atoms. The molecule has 0 saturated heterocycles. The summed E-state index contributed by atoms with van der Waals surface area (Å²) in [5.41, 5.74) is 0. The van der Waals surface area contributed by atoms with Crippen molar-refractivity contribution in [3.05, 3.63) is 12.4 Å². The molecule has 0 radical (unpaired) electrons. The highest BCUT2D eigenvalue weighted by molar-refractivity contribution is 7.99. The van der Waals surface area contributed by atoms with Gasteiger partial charge in [0, 0.05) is 18.7 Å². The van der Waals surface area contributed by atoms with Crippen LogP contribution < -0.4 is 10.6 Å². The molecular formula is C12H22N4S. The second-order valence-corrected chi connectivity index (χ2v) is 5.24. The van der Waals surface area contributed by atoms with E-state index in [-0.39, 0.29) is 0 Å². The van der Waals surface area contributed by atoms with E-state index < -0.39 is 0 Å². The molecule has 0 aliphatic rings. The van der Waals surface area contributed by atoms with Crippen LogP contribution in [0.15, 0.2) is 12.4 Å². The average molecular weight is 254 g/mol. The lowest BCUT2D eigenvalue weighted by molar-refractivity contribution is 0.766. The van der Waals surface area contributed by atoms with E-state index >= 15 is 0 Å². The van der Waals surface area contributed by atoms with Crippen LogP contribution in [0, 0.1) is 0 Å². The SMILES string of the molecule is CCNc1cc(NC(C)CCSCC)ncn1. The molecule has 0 aliphatic heterocycles. The van der Waals surface area contributed by atoms with Crippen molar-refractivity contribution in [2.75, 3.05) is 28.7 Å². The third-order valence-corrected chi connectivity index (χ3v) is 3.25. The maximum absolute atomic E-state index is 4.22. The first kappa shape index (κ1) is 14.1. The summed E-state index contributed by atoms with van der Waals surface area (Å²) >= 11 is 1.97. The molecule has 0 saturated carbocycles. The molecule has 2 N–H and O–H groups in total. The van der Waals surface area contributed by atoms with E-state index in [1.807, 2.05) is 17.8 Å². The highest BCUT2D eigenvalue weighted by Gasteiger charge is 2.03. The number of nitrogens with one attached hydrogen (secondary N) is 2. The van der Waals surface area contributed by atoms with Gasteiger partial charge < -0.3 is 10.6 Å². The number of rotatable bonds is 8. The predicted octanol–water partition coefficient (Wildman–Crippen LogP) is 2.85. The highest BCUT2D eigenvalue weighted by Crippen LogP contribution is 2.12. The van der Waals surface area contributed by atoms with E-state index in [1.54, 1.807) is 6.33 Å². The van der Waals surface area contributed by atoms with E-state index in [0.29, 0.717) is 6.04 Å². The molecular weight excluding hydrogens is 232 g/mol. The van der Waals surface area contributed by atoms with Gasteiger partial charge in [-0.3, -0.25) is 0 Å². The van der Waals surface area contributed by atoms with Crippen LogP contribution in [-0.2, 0) is 0 Å². The first-order valence-electron chi connectivity index (χ1n) is 6.16. The summed E-state index contributed by atoms with van der Waals surface area (Å²) in [5.74, 6) is 4.14. The molecule has 0 amide bonds. The number of hydrogen-bond donors (Lipinski definition) is 2. The lowest BCUT2D eigenvalue weighted by Crippen LogP contribution is -2.17. The monoisotopic (exact) mass is 254 g/mol. The van der Waals surface area contributed by atoms with Crippen LogP contribution in [0.25, 0.3) is 0 Å². The van der Waals surface area contributed by atoms with Gasteiger partial charge in [-0.2, -0.15) is 11.8 Å². The van der Waals surface area contributed by atoms with Crippen LogP contribution in [0.2, 0.25) is 0 Å². The largest absolute Gasteiger partial charge is 0.370 e. The van der Waals surface area contributed by atoms with Crippen LogP contribution in [0.3, 0.4) is 0 Å². The van der Waals surface area contributed by atoms with Gasteiger partial charge in [-0.15, -0.1) is 0 Å². The average Bonchev–Trinajstić information content (AvgIpc) is 2.30. The minimum Gasteiger partial charge on any atom is -0.370 e. The van der Waals surface area contributed by atoms with Crippen LogP contribution in [0.1, 0.15) is 27.2 Å². The molecule has 1 unspecified atom stereocenters. The molecule has 0 fully saturated rings. The summed E-state index contributed by atoms with van der Waals surface area (Å²) in [6, 6.07) is 2.39. The van der Waals surface area contributed by atoms with E-state index in [0.717, 1.165) is 24.6 Å². The van der Waals surface area contributed by atoms with Crippen LogP contribution in [0.4, 0.5) is 11.6 Å². The maximum atomic E-state index is 4.22. The number of nitrogens with zero attached hydrogens (tertiary/aromatic N) is 2. The number of hydrogen-bond acceptors (Lipinski definition) is 5. The van der Waals surface area contributed by atoms with Gasteiger partial charge in [0.05, 0.1) is 0 Å². The van der Waals surface area contributed by atoms with Crippen LogP contribution >= 0.6 is 11.8 Å². The van der Waals surface area contributed by atoms with Crippen molar-refractivity contribution in [2.24, 2.45) is 0 Å². The Bertz CT molecular complexity index is 319. The van der Waals surface area contributed by atoms with Crippen LogP contribution in [-0.4, -0.2) is 34.1 Å². The molecule has 0 spiro atoms. The lowest BCUT2D eigenvalue weighted by atomic mass is 10.2. The van der Waals surface area contributed by atoms with Gasteiger partial charge in [0.2, 0.25) is 0 Å². The molecule has 1 rings (SSSR count). The normalized spacial score (nSPS) is 12.2. The van der Waals surface area contributed by atoms with Crippen molar-refractivity contribution >= 4 is 23.4 Å². The van der Waals surface area contributed by atoms with Crippen molar-refractivity contribution < 1.29 is 0 Å². The zero-order chi connectivity index (χ0) is 12.5. The van der Waals surface area contributed by atoms with E-state index in [2.05, 4.69) is 41.4 Å². The summed E-state index contributed by atoms with van der Waals surface area (Å²) in [4.78, 5) is 8.37. The molecule has 0 aromatic carbocycles. The van der Waals surface area contributed by atoms with Crippen molar-refractivity contribution in [1.82, 2.24) is 9.97 Å². The Balaban J connectivity index is 2.41. The Hall–Kier alpha value is -0.970. The molecule has 1 aromatic rings. The van der Waals surface area contributed by atoms with Gasteiger partial charge in [0.1, 0.15) is 18.0 Å². The van der Waals surface area contributed by atoms with E-state index in [1.165, 1.54) is 11.5 Å². The van der Waals surface area contributed by atoms with Crippen molar-refractivity contribution in [3.63, 3.8) is 0 Å². The van der Waals surface area contributed by atoms with Gasteiger partial charge >= 0.3 is 0 Å².